The van der Waals surface area contributed by atoms with Crippen molar-refractivity contribution in [3.8, 4) is 5.75 Å². The number of amides is 2. The van der Waals surface area contributed by atoms with Crippen LogP contribution in [0.25, 0.3) is 0 Å². The molecular weight excluding hydrogens is 433 g/mol. The monoisotopic (exact) mass is 451 g/mol. The van der Waals surface area contributed by atoms with Crippen LogP contribution in [0.2, 0.25) is 5.02 Å². The number of methoxy groups -OCH3 is 1. The van der Waals surface area contributed by atoms with Crippen LogP contribution in [0.4, 0.5) is 21.5 Å². The van der Waals surface area contributed by atoms with Gasteiger partial charge in [-0.25, -0.2) is 4.39 Å². The highest BCUT2D eigenvalue weighted by molar-refractivity contribution is 6.32. The maximum absolute atomic E-state index is 13.3. The molecule has 32 heavy (non-hydrogen) atoms. The number of ether oxygens (including phenoxy) is 1. The number of aliphatic imine (C=N–C) groups is 1. The number of anilines is 2. The molecule has 0 unspecified atom stereocenters. The lowest BCUT2D eigenvalue weighted by atomic mass is 10.1. The van der Waals surface area contributed by atoms with Gasteiger partial charge in [-0.15, -0.1) is 0 Å². The minimum Gasteiger partial charge on any atom is -0.495 e. The zero-order valence-corrected chi connectivity index (χ0v) is 17.9. The van der Waals surface area contributed by atoms with Gasteiger partial charge in [0, 0.05) is 5.69 Å². The van der Waals surface area contributed by atoms with Crippen molar-refractivity contribution >= 4 is 46.2 Å². The lowest BCUT2D eigenvalue weighted by Gasteiger charge is -2.22. The molecule has 0 atom stereocenters. The van der Waals surface area contributed by atoms with E-state index in [9.17, 15) is 14.0 Å². The molecule has 3 aromatic carbocycles. The van der Waals surface area contributed by atoms with Gasteiger partial charge in [0.05, 0.1) is 35.6 Å². The van der Waals surface area contributed by atoms with Gasteiger partial charge in [-0.05, 0) is 48.0 Å². The van der Waals surface area contributed by atoms with Crippen molar-refractivity contribution in [3.63, 3.8) is 0 Å². The molecule has 0 saturated carbocycles. The first kappa shape index (κ1) is 21.5. The Morgan fingerprint density at radius 3 is 2.62 bits per heavy atom. The standard InChI is InChI=1S/C24H19ClFN3O3/c1-32-22-11-10-17(12-18(22)25)27-23(30)14-29-21-5-3-2-4-19(21)28-20(13-24(29)31)15-6-8-16(26)9-7-15/h2-12H,13-14H2,1H3,(H,27,30). The number of nitrogens with zero attached hydrogens (tertiary/aromatic N) is 2. The number of halogens is 2. The van der Waals surface area contributed by atoms with Gasteiger partial charge in [0.15, 0.2) is 0 Å². The van der Waals surface area contributed by atoms with E-state index in [0.29, 0.717) is 39.1 Å². The Labute approximate surface area is 189 Å². The summed E-state index contributed by atoms with van der Waals surface area (Å²) in [5.74, 6) is -0.557. The Morgan fingerprint density at radius 1 is 1.16 bits per heavy atom. The number of para-hydroxylation sites is 2. The van der Waals surface area contributed by atoms with E-state index in [-0.39, 0.29) is 30.6 Å². The van der Waals surface area contributed by atoms with Crippen molar-refractivity contribution in [1.29, 1.82) is 0 Å². The topological polar surface area (TPSA) is 71.0 Å². The van der Waals surface area contributed by atoms with Crippen LogP contribution in [-0.2, 0) is 9.59 Å². The molecule has 0 spiro atoms. The van der Waals surface area contributed by atoms with Crippen molar-refractivity contribution < 1.29 is 18.7 Å². The zero-order chi connectivity index (χ0) is 22.7. The number of hydrogen-bond acceptors (Lipinski definition) is 4. The summed E-state index contributed by atoms with van der Waals surface area (Å²) in [5.41, 5.74) is 2.72. The summed E-state index contributed by atoms with van der Waals surface area (Å²) < 4.78 is 18.4. The first-order valence-electron chi connectivity index (χ1n) is 9.81. The van der Waals surface area contributed by atoms with Gasteiger partial charge < -0.3 is 15.0 Å². The number of carbonyl (C=O) groups excluding carboxylic acids is 2. The molecule has 4 rings (SSSR count). The number of nitrogens with one attached hydrogen (secondary N) is 1. The predicted octanol–water partition coefficient (Wildman–Crippen LogP) is 4.98. The molecule has 1 aliphatic heterocycles. The summed E-state index contributed by atoms with van der Waals surface area (Å²) in [6.07, 6.45) is -0.0258. The Balaban J connectivity index is 1.58. The molecule has 1 N–H and O–H groups in total. The largest absolute Gasteiger partial charge is 0.495 e. The molecule has 8 heteroatoms. The highest BCUT2D eigenvalue weighted by atomic mass is 35.5. The van der Waals surface area contributed by atoms with E-state index in [2.05, 4.69) is 10.3 Å². The van der Waals surface area contributed by atoms with Gasteiger partial charge in [-0.1, -0.05) is 35.9 Å². The first-order chi connectivity index (χ1) is 15.4. The van der Waals surface area contributed by atoms with Gasteiger partial charge in [0.25, 0.3) is 0 Å². The molecule has 0 bridgehead atoms. The molecule has 1 aliphatic rings. The maximum atomic E-state index is 13.3. The van der Waals surface area contributed by atoms with E-state index in [0.717, 1.165) is 0 Å². The summed E-state index contributed by atoms with van der Waals surface area (Å²) in [6.45, 7) is -0.203. The minimum atomic E-state index is -0.389. The molecular formula is C24H19ClFN3O3. The average Bonchev–Trinajstić information content (AvgIpc) is 2.91. The molecule has 0 fully saturated rings. The molecule has 0 aromatic heterocycles. The van der Waals surface area contributed by atoms with Crippen LogP contribution in [0, 0.1) is 5.82 Å². The van der Waals surface area contributed by atoms with Gasteiger partial charge in [-0.3, -0.25) is 14.6 Å². The smallest absolute Gasteiger partial charge is 0.244 e. The number of benzene rings is 3. The second kappa shape index (κ2) is 9.20. The van der Waals surface area contributed by atoms with Crippen molar-refractivity contribution in [3.05, 3.63) is 83.1 Å². The molecule has 3 aromatic rings. The van der Waals surface area contributed by atoms with Crippen molar-refractivity contribution in [2.24, 2.45) is 4.99 Å². The van der Waals surface area contributed by atoms with E-state index < -0.39 is 0 Å². The molecule has 0 radical (unpaired) electrons. The lowest BCUT2D eigenvalue weighted by molar-refractivity contribution is -0.120. The Morgan fingerprint density at radius 2 is 1.91 bits per heavy atom. The fraction of sp³-hybridized carbons (Fsp3) is 0.125. The molecule has 0 saturated heterocycles. The summed E-state index contributed by atoms with van der Waals surface area (Å²) >= 11 is 6.12. The predicted molar refractivity (Wildman–Crippen MR) is 123 cm³/mol. The van der Waals surface area contributed by atoms with Gasteiger partial charge in [0.2, 0.25) is 11.8 Å². The molecule has 2 amide bonds. The van der Waals surface area contributed by atoms with Crippen molar-refractivity contribution in [1.82, 2.24) is 0 Å². The normalized spacial score (nSPS) is 13.2. The SMILES string of the molecule is COc1ccc(NC(=O)CN2C(=O)CC(c3ccc(F)cc3)=Nc3ccccc32)cc1Cl. The quantitative estimate of drug-likeness (QED) is 0.594. The average molecular weight is 452 g/mol. The third kappa shape index (κ3) is 4.63. The van der Waals surface area contributed by atoms with Crippen LogP contribution in [0.3, 0.4) is 0 Å². The Kier molecular flexibility index (Phi) is 6.18. The van der Waals surface area contributed by atoms with E-state index in [4.69, 9.17) is 16.3 Å². The van der Waals surface area contributed by atoms with E-state index in [1.807, 2.05) is 0 Å². The Hall–Kier alpha value is -3.71. The summed E-state index contributed by atoms with van der Waals surface area (Å²) in [6, 6.07) is 17.8. The van der Waals surface area contributed by atoms with Crippen molar-refractivity contribution in [2.75, 3.05) is 23.9 Å². The van der Waals surface area contributed by atoms with E-state index in [1.54, 1.807) is 54.6 Å². The first-order valence-corrected chi connectivity index (χ1v) is 10.2. The van der Waals surface area contributed by atoms with Crippen LogP contribution in [0.1, 0.15) is 12.0 Å². The minimum absolute atomic E-state index is 0.0258. The zero-order valence-electron chi connectivity index (χ0n) is 17.1. The summed E-state index contributed by atoms with van der Waals surface area (Å²) in [7, 11) is 1.50. The highest BCUT2D eigenvalue weighted by Crippen LogP contribution is 2.33. The number of carbonyl (C=O) groups is 2. The Bertz CT molecular complexity index is 1210. The van der Waals surface area contributed by atoms with Crippen molar-refractivity contribution in [2.45, 2.75) is 6.42 Å². The van der Waals surface area contributed by atoms with Gasteiger partial charge in [-0.2, -0.15) is 0 Å². The molecule has 162 valence electrons. The van der Waals surface area contributed by atoms with E-state index in [1.165, 1.54) is 24.1 Å². The highest BCUT2D eigenvalue weighted by Gasteiger charge is 2.26. The summed E-state index contributed by atoms with van der Waals surface area (Å²) in [5, 5.41) is 3.11. The van der Waals surface area contributed by atoms with Gasteiger partial charge >= 0.3 is 0 Å². The summed E-state index contributed by atoms with van der Waals surface area (Å²) in [4.78, 5) is 31.9. The van der Waals surface area contributed by atoms with Crippen LogP contribution in [0.5, 0.6) is 5.75 Å². The third-order valence-electron chi connectivity index (χ3n) is 4.96. The third-order valence-corrected chi connectivity index (χ3v) is 5.26. The number of fused-ring (bicyclic) bond motifs is 1. The maximum Gasteiger partial charge on any atom is 0.244 e. The van der Waals surface area contributed by atoms with E-state index >= 15 is 0 Å². The molecule has 0 aliphatic carbocycles. The fourth-order valence-electron chi connectivity index (χ4n) is 3.42. The van der Waals surface area contributed by atoms with Crippen LogP contribution < -0.4 is 15.0 Å². The second-order valence-corrected chi connectivity index (χ2v) is 7.52. The lowest BCUT2D eigenvalue weighted by Crippen LogP contribution is -2.38. The van der Waals surface area contributed by atoms with Gasteiger partial charge in [0.1, 0.15) is 18.1 Å². The van der Waals surface area contributed by atoms with Crippen LogP contribution in [0.15, 0.2) is 71.7 Å². The van der Waals surface area contributed by atoms with Crippen LogP contribution >= 0.6 is 11.6 Å². The number of rotatable bonds is 5. The number of hydrogen-bond donors (Lipinski definition) is 1. The molecule has 1 heterocycles. The second-order valence-electron chi connectivity index (χ2n) is 7.11. The molecule has 6 nitrogen and oxygen atoms in total. The van der Waals surface area contributed by atoms with Crippen LogP contribution in [-0.4, -0.2) is 31.2 Å². The fourth-order valence-corrected chi connectivity index (χ4v) is 3.67.